The zero-order valence-electron chi connectivity index (χ0n) is 23.5. The first-order valence-electron chi connectivity index (χ1n) is 14.2. The molecule has 218 valence electrons. The van der Waals surface area contributed by atoms with Crippen molar-refractivity contribution >= 4 is 0 Å². The van der Waals surface area contributed by atoms with Crippen molar-refractivity contribution in [2.24, 2.45) is 0 Å². The second-order valence-electron chi connectivity index (χ2n) is 10.7. The molecule has 2 saturated heterocycles. The van der Waals surface area contributed by atoms with Gasteiger partial charge in [-0.05, 0) is 23.7 Å². The first kappa shape index (κ1) is 29.3. The largest absolute Gasteiger partial charge is 0.374 e. The quantitative estimate of drug-likeness (QED) is 0.242. The van der Waals surface area contributed by atoms with Crippen LogP contribution in [0.5, 0.6) is 0 Å². The van der Waals surface area contributed by atoms with Crippen molar-refractivity contribution in [3.63, 3.8) is 0 Å². The molecule has 0 spiro atoms. The molecule has 9 heteroatoms. The Labute approximate surface area is 241 Å². The minimum absolute atomic E-state index is 0.216. The van der Waals surface area contributed by atoms with Crippen LogP contribution in [0.4, 0.5) is 0 Å². The van der Waals surface area contributed by atoms with E-state index < -0.39 is 30.6 Å². The summed E-state index contributed by atoms with van der Waals surface area (Å²) in [5.74, 6) is 0. The number of hydrogen-bond donors (Lipinski definition) is 0. The number of nitro groups is 1. The Balaban J connectivity index is 1.42. The topological polar surface area (TPSA) is 86.5 Å². The normalized spacial score (nSPS) is 25.6. The molecule has 5 rings (SSSR count). The van der Waals surface area contributed by atoms with Gasteiger partial charge < -0.3 is 23.8 Å². The van der Waals surface area contributed by atoms with Crippen molar-refractivity contribution in [1.29, 1.82) is 0 Å². The third-order valence-electron chi connectivity index (χ3n) is 7.74. The summed E-state index contributed by atoms with van der Waals surface area (Å²) in [4.78, 5) is 16.8. The highest BCUT2D eigenvalue weighted by Crippen LogP contribution is 2.32. The Morgan fingerprint density at radius 2 is 1.24 bits per heavy atom. The second-order valence-corrected chi connectivity index (χ2v) is 10.7. The summed E-state index contributed by atoms with van der Waals surface area (Å²) in [6, 6.07) is 28.3. The van der Waals surface area contributed by atoms with E-state index in [0.717, 1.165) is 29.8 Å². The molecule has 3 aromatic rings. The highest BCUT2D eigenvalue weighted by Gasteiger charge is 2.56. The van der Waals surface area contributed by atoms with Crippen molar-refractivity contribution in [2.75, 3.05) is 39.8 Å². The van der Waals surface area contributed by atoms with Crippen LogP contribution >= 0.6 is 0 Å². The summed E-state index contributed by atoms with van der Waals surface area (Å²) in [5, 5.41) is 12.7. The molecule has 0 bridgehead atoms. The maximum absolute atomic E-state index is 12.7. The van der Waals surface area contributed by atoms with E-state index in [9.17, 15) is 10.1 Å². The van der Waals surface area contributed by atoms with Gasteiger partial charge in [0.15, 0.2) is 12.3 Å². The fourth-order valence-corrected chi connectivity index (χ4v) is 5.44. The molecule has 3 aromatic carbocycles. The van der Waals surface area contributed by atoms with Gasteiger partial charge in [-0.25, -0.2) is 0 Å². The molecule has 0 aromatic heterocycles. The van der Waals surface area contributed by atoms with Gasteiger partial charge in [0.2, 0.25) is 0 Å². The van der Waals surface area contributed by atoms with Crippen LogP contribution in [-0.2, 0) is 38.8 Å². The molecule has 9 nitrogen and oxygen atoms in total. The van der Waals surface area contributed by atoms with Crippen molar-refractivity contribution in [1.82, 2.24) is 9.80 Å². The van der Waals surface area contributed by atoms with E-state index in [0.29, 0.717) is 19.7 Å². The van der Waals surface area contributed by atoms with Gasteiger partial charge in [0, 0.05) is 31.1 Å². The summed E-state index contributed by atoms with van der Waals surface area (Å²) >= 11 is 0. The maximum Gasteiger partial charge on any atom is 0.280 e. The number of nitrogens with zero attached hydrogens (tertiary/aromatic N) is 3. The fraction of sp³-hybridized carbons (Fsp3) is 0.438. The SMILES string of the molecule is CN1CCN([C@@H]2O[C@H](COCc3ccccc3)[C@@H](OCc3ccccc3)[C@H](OCc3ccccc3)[C@H]2[N+](=O)[O-])CC1. The van der Waals surface area contributed by atoms with Crippen molar-refractivity contribution in [3.05, 3.63) is 118 Å². The Kier molecular flexibility index (Phi) is 10.5. The van der Waals surface area contributed by atoms with Gasteiger partial charge in [-0.3, -0.25) is 15.0 Å². The third-order valence-corrected chi connectivity index (χ3v) is 7.74. The van der Waals surface area contributed by atoms with Gasteiger partial charge in [0.05, 0.1) is 26.4 Å². The van der Waals surface area contributed by atoms with Crippen LogP contribution < -0.4 is 0 Å². The Hall–Kier alpha value is -3.18. The molecule has 0 unspecified atom stereocenters. The molecule has 2 aliphatic rings. The van der Waals surface area contributed by atoms with Gasteiger partial charge in [-0.2, -0.15) is 0 Å². The van der Waals surface area contributed by atoms with Crippen LogP contribution in [0.1, 0.15) is 16.7 Å². The summed E-state index contributed by atoms with van der Waals surface area (Å²) in [6.07, 6.45) is -2.89. The van der Waals surface area contributed by atoms with Crippen LogP contribution in [-0.4, -0.2) is 85.1 Å². The lowest BCUT2D eigenvalue weighted by Gasteiger charge is -2.47. The predicted molar refractivity (Wildman–Crippen MR) is 155 cm³/mol. The lowest BCUT2D eigenvalue weighted by atomic mass is 9.94. The summed E-state index contributed by atoms with van der Waals surface area (Å²) in [7, 11) is 2.06. The Bertz CT molecular complexity index is 1190. The zero-order chi connectivity index (χ0) is 28.4. The molecule has 2 aliphatic heterocycles. The van der Waals surface area contributed by atoms with E-state index in [2.05, 4.69) is 16.8 Å². The number of benzene rings is 3. The predicted octanol–water partition coefficient (Wildman–Crippen LogP) is 3.99. The van der Waals surface area contributed by atoms with Gasteiger partial charge in [0.1, 0.15) is 12.2 Å². The second kappa shape index (κ2) is 14.6. The van der Waals surface area contributed by atoms with Crippen molar-refractivity contribution in [2.45, 2.75) is 50.4 Å². The summed E-state index contributed by atoms with van der Waals surface area (Å²) in [6.45, 7) is 4.08. The van der Waals surface area contributed by atoms with E-state index >= 15 is 0 Å². The molecule has 2 fully saturated rings. The van der Waals surface area contributed by atoms with Crippen LogP contribution in [0.15, 0.2) is 91.0 Å². The van der Waals surface area contributed by atoms with Crippen LogP contribution in [0.2, 0.25) is 0 Å². The molecular weight excluding hydrogens is 522 g/mol. The molecule has 0 aliphatic carbocycles. The van der Waals surface area contributed by atoms with Gasteiger partial charge in [-0.15, -0.1) is 0 Å². The summed E-state index contributed by atoms with van der Waals surface area (Å²) < 4.78 is 25.6. The smallest absolute Gasteiger partial charge is 0.280 e. The Morgan fingerprint density at radius 1 is 0.756 bits per heavy atom. The third kappa shape index (κ3) is 7.97. The van der Waals surface area contributed by atoms with E-state index in [1.165, 1.54) is 0 Å². The molecule has 5 atom stereocenters. The lowest BCUT2D eigenvalue weighted by molar-refractivity contribution is -0.569. The minimum atomic E-state index is -1.13. The molecule has 0 amide bonds. The number of likely N-dealkylation sites (N-methyl/N-ethyl adjacent to an activating group) is 1. The Morgan fingerprint density at radius 3 is 1.76 bits per heavy atom. The number of piperazine rings is 1. The average Bonchev–Trinajstić information content (AvgIpc) is 3.01. The first-order valence-corrected chi connectivity index (χ1v) is 14.2. The average molecular weight is 562 g/mol. The number of hydrogen-bond acceptors (Lipinski definition) is 8. The number of ether oxygens (including phenoxy) is 4. The van der Waals surface area contributed by atoms with E-state index in [4.69, 9.17) is 18.9 Å². The fourth-order valence-electron chi connectivity index (χ4n) is 5.44. The van der Waals surface area contributed by atoms with E-state index in [1.807, 2.05) is 91.0 Å². The zero-order valence-corrected chi connectivity index (χ0v) is 23.5. The first-order chi connectivity index (χ1) is 20.1. The van der Waals surface area contributed by atoms with Gasteiger partial charge in [-0.1, -0.05) is 91.0 Å². The van der Waals surface area contributed by atoms with Crippen molar-refractivity contribution < 1.29 is 23.9 Å². The van der Waals surface area contributed by atoms with Crippen LogP contribution in [0.3, 0.4) is 0 Å². The minimum Gasteiger partial charge on any atom is -0.374 e. The van der Waals surface area contributed by atoms with E-state index in [1.54, 1.807) is 0 Å². The van der Waals surface area contributed by atoms with Gasteiger partial charge in [0.25, 0.3) is 6.04 Å². The lowest BCUT2D eigenvalue weighted by Crippen LogP contribution is -2.68. The summed E-state index contributed by atoms with van der Waals surface area (Å²) in [5.41, 5.74) is 2.95. The monoisotopic (exact) mass is 561 g/mol. The molecule has 0 radical (unpaired) electrons. The number of rotatable bonds is 12. The molecule has 0 saturated carbocycles. The van der Waals surface area contributed by atoms with E-state index in [-0.39, 0.29) is 24.7 Å². The van der Waals surface area contributed by atoms with Crippen LogP contribution in [0.25, 0.3) is 0 Å². The van der Waals surface area contributed by atoms with Gasteiger partial charge >= 0.3 is 0 Å². The standard InChI is InChI=1S/C32H39N3O6/c1-33-17-19-34(20-18-33)32-29(35(36)37)31(40-23-27-15-9-4-10-16-27)30(39-22-26-13-7-3-8-14-26)28(41-32)24-38-21-25-11-5-2-6-12-25/h2-16,28-32H,17-24H2,1H3/t28-,29-,30-,31-,32-/m1/s1. The molecular formula is C32H39N3O6. The van der Waals surface area contributed by atoms with Crippen molar-refractivity contribution in [3.8, 4) is 0 Å². The molecule has 2 heterocycles. The highest BCUT2D eigenvalue weighted by molar-refractivity contribution is 5.15. The maximum atomic E-state index is 12.7. The molecule has 0 N–H and O–H groups in total. The molecule has 41 heavy (non-hydrogen) atoms. The van der Waals surface area contributed by atoms with Crippen LogP contribution in [0, 0.1) is 10.1 Å². The highest BCUT2D eigenvalue weighted by atomic mass is 16.7.